The predicted octanol–water partition coefficient (Wildman–Crippen LogP) is -0.677. The highest BCUT2D eigenvalue weighted by molar-refractivity contribution is 7.92. The van der Waals surface area contributed by atoms with Gasteiger partial charge in [0, 0.05) is 12.7 Å². The number of hydrogen-bond acceptors (Lipinski definition) is 5. The largest absolute Gasteiger partial charge is 0.326 e. The molecule has 0 amide bonds. The van der Waals surface area contributed by atoms with E-state index in [2.05, 4.69) is 9.71 Å². The number of aromatic amines is 2. The molecule has 0 atom stereocenters. The minimum atomic E-state index is -4.11. The van der Waals surface area contributed by atoms with Gasteiger partial charge in [-0.1, -0.05) is 18.2 Å². The lowest BCUT2D eigenvalue weighted by atomic mass is 10.2. The summed E-state index contributed by atoms with van der Waals surface area (Å²) >= 11 is 0. The Kier molecular flexibility index (Phi) is 3.72. The molecule has 0 aliphatic heterocycles. The number of nitrogens with one attached hydrogen (secondary N) is 3. The van der Waals surface area contributed by atoms with Gasteiger partial charge >= 0.3 is 5.69 Å². The van der Waals surface area contributed by atoms with Crippen LogP contribution in [0.1, 0.15) is 5.56 Å². The quantitative estimate of drug-likeness (QED) is 0.592. The molecular formula is C11H12N4O4S. The van der Waals surface area contributed by atoms with E-state index < -0.39 is 26.2 Å². The molecule has 0 fully saturated rings. The van der Waals surface area contributed by atoms with Gasteiger partial charge in [0.05, 0.1) is 5.69 Å². The first-order valence-corrected chi connectivity index (χ1v) is 7.05. The zero-order chi connectivity index (χ0) is 14.8. The van der Waals surface area contributed by atoms with Crippen LogP contribution in [0.15, 0.2) is 44.9 Å². The molecule has 9 heteroatoms. The van der Waals surface area contributed by atoms with E-state index in [9.17, 15) is 18.0 Å². The molecule has 0 unspecified atom stereocenters. The molecular weight excluding hydrogens is 284 g/mol. The van der Waals surface area contributed by atoms with Gasteiger partial charge in [0.1, 0.15) is 0 Å². The minimum Gasteiger partial charge on any atom is -0.326 e. The van der Waals surface area contributed by atoms with Crippen LogP contribution in [0.25, 0.3) is 0 Å². The Balaban J connectivity index is 2.46. The number of H-pyrrole nitrogens is 2. The van der Waals surface area contributed by atoms with Gasteiger partial charge in [0.25, 0.3) is 15.6 Å². The Morgan fingerprint density at radius 3 is 2.55 bits per heavy atom. The summed E-state index contributed by atoms with van der Waals surface area (Å²) in [6, 6.07) is 6.54. The summed E-state index contributed by atoms with van der Waals surface area (Å²) < 4.78 is 26.5. The average molecular weight is 296 g/mol. The van der Waals surface area contributed by atoms with Gasteiger partial charge in [-0.2, -0.15) is 0 Å². The maximum absolute atomic E-state index is 12.1. The maximum Gasteiger partial charge on any atom is 0.325 e. The molecule has 2 aromatic rings. The zero-order valence-electron chi connectivity index (χ0n) is 10.2. The lowest BCUT2D eigenvalue weighted by Crippen LogP contribution is -2.29. The van der Waals surface area contributed by atoms with Gasteiger partial charge in [0.15, 0.2) is 4.90 Å². The number of hydrogen-bond donors (Lipinski definition) is 4. The summed E-state index contributed by atoms with van der Waals surface area (Å²) in [4.78, 5) is 25.8. The third-order valence-corrected chi connectivity index (χ3v) is 3.93. The second kappa shape index (κ2) is 5.31. The van der Waals surface area contributed by atoms with Crippen LogP contribution in [0.2, 0.25) is 0 Å². The third kappa shape index (κ3) is 2.78. The summed E-state index contributed by atoms with van der Waals surface area (Å²) in [7, 11) is -4.11. The monoisotopic (exact) mass is 296 g/mol. The summed E-state index contributed by atoms with van der Waals surface area (Å²) in [5.74, 6) is 0. The highest BCUT2D eigenvalue weighted by Crippen LogP contribution is 2.17. The lowest BCUT2D eigenvalue weighted by Gasteiger charge is -2.10. The molecule has 0 radical (unpaired) electrons. The van der Waals surface area contributed by atoms with E-state index >= 15 is 0 Å². The Morgan fingerprint density at radius 1 is 1.20 bits per heavy atom. The summed E-state index contributed by atoms with van der Waals surface area (Å²) in [5, 5.41) is 0. The standard InChI is InChI=1S/C11H12N4O4S/c12-5-7-3-1-2-4-8(7)15-20(18,19)9-6-13-11(17)14-10(9)16/h1-4,6,15H,5,12H2,(H2,13,14,16,17). The second-order valence-corrected chi connectivity index (χ2v) is 5.55. The molecule has 2 rings (SSSR count). The summed E-state index contributed by atoms with van der Waals surface area (Å²) in [6.07, 6.45) is 0.842. The third-order valence-electron chi connectivity index (χ3n) is 2.56. The molecule has 0 aliphatic carbocycles. The molecule has 1 aromatic heterocycles. The van der Waals surface area contributed by atoms with Crippen LogP contribution in [0.4, 0.5) is 5.69 Å². The van der Waals surface area contributed by atoms with Crippen molar-refractivity contribution in [3.05, 3.63) is 56.9 Å². The topological polar surface area (TPSA) is 138 Å². The first kappa shape index (κ1) is 14.0. The molecule has 5 N–H and O–H groups in total. The zero-order valence-corrected chi connectivity index (χ0v) is 11.0. The highest BCUT2D eigenvalue weighted by atomic mass is 32.2. The first-order chi connectivity index (χ1) is 9.44. The molecule has 0 saturated heterocycles. The van der Waals surface area contributed by atoms with E-state index in [4.69, 9.17) is 5.73 Å². The van der Waals surface area contributed by atoms with Crippen LogP contribution in [-0.2, 0) is 16.6 Å². The Hall–Kier alpha value is -2.39. The van der Waals surface area contributed by atoms with E-state index in [1.54, 1.807) is 18.2 Å². The second-order valence-electron chi connectivity index (χ2n) is 3.90. The number of rotatable bonds is 4. The smallest absolute Gasteiger partial charge is 0.325 e. The van der Waals surface area contributed by atoms with Crippen LogP contribution < -0.4 is 21.7 Å². The summed E-state index contributed by atoms with van der Waals surface area (Å²) in [5.41, 5.74) is 4.59. The fourth-order valence-corrected chi connectivity index (χ4v) is 2.70. The summed E-state index contributed by atoms with van der Waals surface area (Å²) in [6.45, 7) is 0.140. The van der Waals surface area contributed by atoms with Gasteiger partial charge in [-0.25, -0.2) is 13.2 Å². The van der Waals surface area contributed by atoms with E-state index in [-0.39, 0.29) is 12.2 Å². The number of para-hydroxylation sites is 1. The molecule has 0 aliphatic rings. The molecule has 1 aromatic carbocycles. The van der Waals surface area contributed by atoms with Gasteiger partial charge in [0.2, 0.25) is 0 Å². The molecule has 0 bridgehead atoms. The minimum absolute atomic E-state index is 0.140. The highest BCUT2D eigenvalue weighted by Gasteiger charge is 2.19. The van der Waals surface area contributed by atoms with Gasteiger partial charge in [-0.15, -0.1) is 0 Å². The van der Waals surface area contributed by atoms with Gasteiger partial charge in [-0.05, 0) is 11.6 Å². The fraction of sp³-hybridized carbons (Fsp3) is 0.0909. The lowest BCUT2D eigenvalue weighted by molar-refractivity contribution is 0.599. The van der Waals surface area contributed by atoms with Crippen molar-refractivity contribution in [2.75, 3.05) is 4.72 Å². The molecule has 0 spiro atoms. The van der Waals surface area contributed by atoms with Crippen molar-refractivity contribution in [2.45, 2.75) is 11.4 Å². The first-order valence-electron chi connectivity index (χ1n) is 5.57. The molecule has 20 heavy (non-hydrogen) atoms. The van der Waals surface area contributed by atoms with Gasteiger partial charge < -0.3 is 10.7 Å². The molecule has 1 heterocycles. The van der Waals surface area contributed by atoms with Crippen LogP contribution in [0.5, 0.6) is 0 Å². The number of anilines is 1. The Morgan fingerprint density at radius 2 is 1.90 bits per heavy atom. The van der Waals surface area contributed by atoms with E-state index in [1.807, 2.05) is 4.98 Å². The van der Waals surface area contributed by atoms with Crippen molar-refractivity contribution in [1.29, 1.82) is 0 Å². The maximum atomic E-state index is 12.1. The molecule has 106 valence electrons. The number of sulfonamides is 1. The predicted molar refractivity (Wildman–Crippen MR) is 72.8 cm³/mol. The van der Waals surface area contributed by atoms with Crippen LogP contribution >= 0.6 is 0 Å². The number of aromatic nitrogens is 2. The normalized spacial score (nSPS) is 11.2. The van der Waals surface area contributed by atoms with E-state index in [1.165, 1.54) is 6.07 Å². The Labute approximate surface area is 113 Å². The Bertz CT molecular complexity index is 838. The van der Waals surface area contributed by atoms with Crippen molar-refractivity contribution >= 4 is 15.7 Å². The average Bonchev–Trinajstić information content (AvgIpc) is 2.38. The number of nitrogens with two attached hydrogens (primary N) is 1. The van der Waals surface area contributed by atoms with E-state index in [0.29, 0.717) is 5.56 Å². The number of benzene rings is 1. The van der Waals surface area contributed by atoms with E-state index in [0.717, 1.165) is 6.20 Å². The van der Waals surface area contributed by atoms with Crippen molar-refractivity contribution in [2.24, 2.45) is 5.73 Å². The van der Waals surface area contributed by atoms with Crippen molar-refractivity contribution < 1.29 is 8.42 Å². The fourth-order valence-electron chi connectivity index (χ4n) is 1.59. The van der Waals surface area contributed by atoms with Crippen molar-refractivity contribution in [1.82, 2.24) is 9.97 Å². The molecule has 8 nitrogen and oxygen atoms in total. The van der Waals surface area contributed by atoms with Crippen molar-refractivity contribution in [3.63, 3.8) is 0 Å². The SMILES string of the molecule is NCc1ccccc1NS(=O)(=O)c1c[nH]c(=O)[nH]c1=O. The van der Waals surface area contributed by atoms with Crippen LogP contribution in [0, 0.1) is 0 Å². The van der Waals surface area contributed by atoms with Crippen LogP contribution in [-0.4, -0.2) is 18.4 Å². The van der Waals surface area contributed by atoms with Crippen molar-refractivity contribution in [3.8, 4) is 0 Å². The van der Waals surface area contributed by atoms with Gasteiger partial charge in [-0.3, -0.25) is 14.5 Å². The molecule has 0 saturated carbocycles. The van der Waals surface area contributed by atoms with Crippen LogP contribution in [0.3, 0.4) is 0 Å².